The molecule has 0 atom stereocenters. The summed E-state index contributed by atoms with van der Waals surface area (Å²) < 4.78 is 2.11. The summed E-state index contributed by atoms with van der Waals surface area (Å²) in [6, 6.07) is 7.78. The second-order valence-corrected chi connectivity index (χ2v) is 6.10. The molecule has 1 aromatic rings. The van der Waals surface area contributed by atoms with Crippen molar-refractivity contribution in [3.05, 3.63) is 29.8 Å². The number of aliphatic hydroxyl groups excluding tert-OH is 2. The Morgan fingerprint density at radius 3 is 2.33 bits per heavy atom. The highest BCUT2D eigenvalue weighted by Crippen LogP contribution is 2.39. The standard InChI is InChI=1S/C18H25N2O4/c1-15-18(13-23,14-24)16-5-2-3-6-17(16)20(15)8-4-7-19(9-11-21)10-12-22/h2-3,5-6,11-12,23-24H,4,7-10,13-14H2,1H3/q+1. The Labute approximate surface area is 142 Å². The van der Waals surface area contributed by atoms with Crippen molar-refractivity contribution in [3.63, 3.8) is 0 Å². The SMILES string of the molecule is CC1=[N+](CCCN(CC=O)CC=O)c2ccccc2C1(CO)CO. The molecule has 0 saturated carbocycles. The molecule has 2 N–H and O–H groups in total. The fourth-order valence-corrected chi connectivity index (χ4v) is 3.41. The topological polar surface area (TPSA) is 80.9 Å². The Morgan fingerprint density at radius 2 is 1.75 bits per heavy atom. The van der Waals surface area contributed by atoms with Crippen LogP contribution in [0, 0.1) is 0 Å². The minimum absolute atomic E-state index is 0.148. The van der Waals surface area contributed by atoms with Crippen LogP contribution in [0.25, 0.3) is 0 Å². The van der Waals surface area contributed by atoms with E-state index in [1.54, 1.807) is 4.90 Å². The summed E-state index contributed by atoms with van der Waals surface area (Å²) in [6.45, 7) is 3.45. The summed E-state index contributed by atoms with van der Waals surface area (Å²) in [5.74, 6) is 0. The molecule has 0 aliphatic carbocycles. The van der Waals surface area contributed by atoms with E-state index in [9.17, 15) is 19.8 Å². The molecule has 1 heterocycles. The molecule has 0 spiro atoms. The Morgan fingerprint density at radius 1 is 1.12 bits per heavy atom. The van der Waals surface area contributed by atoms with Gasteiger partial charge in [0.25, 0.3) is 0 Å². The summed E-state index contributed by atoms with van der Waals surface area (Å²) in [5.41, 5.74) is 2.11. The number of carbonyl (C=O) groups excluding carboxylic acids is 2. The van der Waals surface area contributed by atoms with Gasteiger partial charge in [0.2, 0.25) is 5.69 Å². The fourth-order valence-electron chi connectivity index (χ4n) is 3.41. The van der Waals surface area contributed by atoms with Crippen LogP contribution in [0.4, 0.5) is 5.69 Å². The number of para-hydroxylation sites is 1. The lowest BCUT2D eigenvalue weighted by molar-refractivity contribution is -0.440. The van der Waals surface area contributed by atoms with Gasteiger partial charge in [-0.15, -0.1) is 0 Å². The predicted octanol–water partition coefficient (Wildman–Crippen LogP) is 0.117. The number of aldehydes is 2. The highest BCUT2D eigenvalue weighted by atomic mass is 16.3. The molecule has 0 saturated heterocycles. The summed E-state index contributed by atoms with van der Waals surface area (Å²) in [7, 11) is 0. The van der Waals surface area contributed by atoms with Gasteiger partial charge in [-0.25, -0.2) is 0 Å². The maximum absolute atomic E-state index is 10.7. The van der Waals surface area contributed by atoms with Gasteiger partial charge in [-0.3, -0.25) is 4.90 Å². The molecular formula is C18H25N2O4+. The lowest BCUT2D eigenvalue weighted by Crippen LogP contribution is -2.41. The highest BCUT2D eigenvalue weighted by molar-refractivity contribution is 5.94. The summed E-state index contributed by atoms with van der Waals surface area (Å²) >= 11 is 0. The van der Waals surface area contributed by atoms with Gasteiger partial charge in [0.1, 0.15) is 24.5 Å². The number of benzene rings is 1. The molecule has 0 aromatic heterocycles. The maximum Gasteiger partial charge on any atom is 0.209 e. The molecule has 0 fully saturated rings. The molecule has 6 heteroatoms. The predicted molar refractivity (Wildman–Crippen MR) is 90.9 cm³/mol. The minimum Gasteiger partial charge on any atom is -0.395 e. The second-order valence-electron chi connectivity index (χ2n) is 6.10. The van der Waals surface area contributed by atoms with E-state index in [0.717, 1.165) is 36.0 Å². The van der Waals surface area contributed by atoms with Crippen molar-refractivity contribution >= 4 is 24.0 Å². The first-order chi connectivity index (χ1) is 11.6. The molecule has 130 valence electrons. The minimum atomic E-state index is -0.748. The molecule has 0 radical (unpaired) electrons. The van der Waals surface area contributed by atoms with Crippen LogP contribution in [0.3, 0.4) is 0 Å². The van der Waals surface area contributed by atoms with Crippen LogP contribution in [0.2, 0.25) is 0 Å². The lowest BCUT2D eigenvalue weighted by atomic mass is 9.79. The second kappa shape index (κ2) is 8.28. The van der Waals surface area contributed by atoms with Crippen LogP contribution in [0.15, 0.2) is 24.3 Å². The molecule has 24 heavy (non-hydrogen) atoms. The normalized spacial score (nSPS) is 15.7. The van der Waals surface area contributed by atoms with Crippen LogP contribution >= 0.6 is 0 Å². The molecule has 1 aliphatic rings. The molecule has 6 nitrogen and oxygen atoms in total. The first kappa shape index (κ1) is 18.4. The first-order valence-corrected chi connectivity index (χ1v) is 8.17. The van der Waals surface area contributed by atoms with Crippen molar-refractivity contribution in [2.45, 2.75) is 18.8 Å². The summed E-state index contributed by atoms with van der Waals surface area (Å²) in [4.78, 5) is 23.1. The Hall–Kier alpha value is -1.89. The van der Waals surface area contributed by atoms with E-state index < -0.39 is 5.41 Å². The largest absolute Gasteiger partial charge is 0.395 e. The van der Waals surface area contributed by atoms with E-state index >= 15 is 0 Å². The molecule has 1 aromatic carbocycles. The van der Waals surface area contributed by atoms with Crippen LogP contribution in [-0.2, 0) is 15.0 Å². The lowest BCUT2D eigenvalue weighted by Gasteiger charge is -2.21. The van der Waals surface area contributed by atoms with Crippen molar-refractivity contribution in [1.29, 1.82) is 0 Å². The molecule has 0 unspecified atom stereocenters. The zero-order valence-electron chi connectivity index (χ0n) is 14.0. The van der Waals surface area contributed by atoms with Crippen molar-refractivity contribution in [3.8, 4) is 0 Å². The van der Waals surface area contributed by atoms with Crippen LogP contribution in [0.1, 0.15) is 18.9 Å². The molecule has 1 aliphatic heterocycles. The van der Waals surface area contributed by atoms with Crippen molar-refractivity contribution in [2.75, 3.05) is 39.4 Å². The van der Waals surface area contributed by atoms with E-state index in [2.05, 4.69) is 4.58 Å². The number of aliphatic hydroxyl groups is 2. The zero-order chi connectivity index (χ0) is 17.6. The number of hydrogen-bond acceptors (Lipinski definition) is 5. The Kier molecular flexibility index (Phi) is 6.36. The smallest absolute Gasteiger partial charge is 0.209 e. The van der Waals surface area contributed by atoms with Gasteiger partial charge in [0.15, 0.2) is 5.71 Å². The fraction of sp³-hybridized carbons (Fsp3) is 0.500. The van der Waals surface area contributed by atoms with Crippen molar-refractivity contribution in [2.24, 2.45) is 0 Å². The molecule has 0 bridgehead atoms. The van der Waals surface area contributed by atoms with Crippen molar-refractivity contribution < 1.29 is 24.4 Å². The van der Waals surface area contributed by atoms with Gasteiger partial charge in [-0.1, -0.05) is 18.2 Å². The molecule has 2 rings (SSSR count). The quantitative estimate of drug-likeness (QED) is 0.469. The van der Waals surface area contributed by atoms with Crippen LogP contribution in [0.5, 0.6) is 0 Å². The van der Waals surface area contributed by atoms with Gasteiger partial charge >= 0.3 is 0 Å². The Balaban J connectivity index is 2.18. The van der Waals surface area contributed by atoms with E-state index in [1.165, 1.54) is 0 Å². The number of hydrogen-bond donors (Lipinski definition) is 2. The number of rotatable bonds is 10. The number of nitrogens with zero attached hydrogens (tertiary/aromatic N) is 2. The monoisotopic (exact) mass is 333 g/mol. The zero-order valence-corrected chi connectivity index (χ0v) is 14.0. The third-order valence-corrected chi connectivity index (χ3v) is 4.87. The molecule has 0 amide bonds. The van der Waals surface area contributed by atoms with Gasteiger partial charge in [0.05, 0.1) is 26.3 Å². The Bertz CT molecular complexity index is 613. The highest BCUT2D eigenvalue weighted by Gasteiger charge is 2.49. The van der Waals surface area contributed by atoms with Crippen LogP contribution < -0.4 is 0 Å². The van der Waals surface area contributed by atoms with E-state index in [-0.39, 0.29) is 26.3 Å². The summed E-state index contributed by atoms with van der Waals surface area (Å²) in [6.07, 6.45) is 2.36. The molecular weight excluding hydrogens is 308 g/mol. The third-order valence-electron chi connectivity index (χ3n) is 4.87. The van der Waals surface area contributed by atoms with Gasteiger partial charge in [-0.2, -0.15) is 4.58 Å². The van der Waals surface area contributed by atoms with E-state index in [1.807, 2.05) is 31.2 Å². The van der Waals surface area contributed by atoms with Gasteiger partial charge < -0.3 is 19.8 Å². The average Bonchev–Trinajstić information content (AvgIpc) is 2.84. The number of fused-ring (bicyclic) bond motifs is 1. The number of carbonyl (C=O) groups is 2. The third kappa shape index (κ3) is 3.31. The first-order valence-electron chi connectivity index (χ1n) is 8.17. The van der Waals surface area contributed by atoms with Crippen LogP contribution in [-0.4, -0.2) is 77.4 Å². The van der Waals surface area contributed by atoms with Crippen molar-refractivity contribution in [1.82, 2.24) is 4.90 Å². The average molecular weight is 333 g/mol. The van der Waals surface area contributed by atoms with Gasteiger partial charge in [0, 0.05) is 31.5 Å². The van der Waals surface area contributed by atoms with E-state index in [4.69, 9.17) is 0 Å². The van der Waals surface area contributed by atoms with Gasteiger partial charge in [-0.05, 0) is 0 Å². The maximum atomic E-state index is 10.7. The summed E-state index contributed by atoms with van der Waals surface area (Å²) in [5, 5.41) is 19.8. The van der Waals surface area contributed by atoms with E-state index in [0.29, 0.717) is 13.1 Å².